The van der Waals surface area contributed by atoms with Crippen molar-refractivity contribution in [1.29, 1.82) is 0 Å². The summed E-state index contributed by atoms with van der Waals surface area (Å²) in [5, 5.41) is 9.30. The maximum atomic E-state index is 6.00. The van der Waals surface area contributed by atoms with E-state index < -0.39 is 0 Å². The van der Waals surface area contributed by atoms with Crippen LogP contribution >= 0.6 is 0 Å². The summed E-state index contributed by atoms with van der Waals surface area (Å²) in [4.78, 5) is 0. The van der Waals surface area contributed by atoms with Gasteiger partial charge in [-0.25, -0.2) is 0 Å². The normalized spacial score (nSPS) is 20.5. The summed E-state index contributed by atoms with van der Waals surface area (Å²) in [5.41, 5.74) is 12.4. The number of anilines is 1. The number of nitrogens with zero attached hydrogens (tertiary/aromatic N) is 2. The van der Waals surface area contributed by atoms with Crippen LogP contribution in [-0.2, 0) is 0 Å². The Hall–Kier alpha value is -2.68. The van der Waals surface area contributed by atoms with E-state index in [1.807, 2.05) is 24.3 Å². The molecule has 1 heterocycles. The zero-order valence-corrected chi connectivity index (χ0v) is 14.4. The predicted molar refractivity (Wildman–Crippen MR) is 105 cm³/mol. The van der Waals surface area contributed by atoms with Crippen molar-refractivity contribution in [2.45, 2.75) is 32.1 Å². The summed E-state index contributed by atoms with van der Waals surface area (Å²) in [5.74, 6) is 0.316. The monoisotopic (exact) mass is 329 g/mol. The maximum Gasteiger partial charge on any atom is 0.0965 e. The summed E-state index contributed by atoms with van der Waals surface area (Å²) in [6.07, 6.45) is 8.38. The zero-order chi connectivity index (χ0) is 17.1. The number of fused-ring (bicyclic) bond motifs is 1. The van der Waals surface area contributed by atoms with Gasteiger partial charge in [-0.05, 0) is 42.5 Å². The van der Waals surface area contributed by atoms with Crippen LogP contribution in [0.4, 0.5) is 5.69 Å². The molecule has 0 saturated carbocycles. The molecule has 2 N–H and O–H groups in total. The van der Waals surface area contributed by atoms with Gasteiger partial charge in [-0.2, -0.15) is 5.10 Å². The molecular weight excluding hydrogens is 306 g/mol. The Morgan fingerprint density at radius 1 is 0.840 bits per heavy atom. The fourth-order valence-corrected chi connectivity index (χ4v) is 3.78. The highest BCUT2D eigenvalue weighted by Crippen LogP contribution is 2.33. The van der Waals surface area contributed by atoms with Gasteiger partial charge in [0.15, 0.2) is 0 Å². The summed E-state index contributed by atoms with van der Waals surface area (Å²) < 4.78 is 0. The first-order valence-electron chi connectivity index (χ1n) is 9.10. The van der Waals surface area contributed by atoms with Crippen LogP contribution < -0.4 is 5.73 Å². The van der Waals surface area contributed by atoms with Gasteiger partial charge in [0.25, 0.3) is 0 Å². The van der Waals surface area contributed by atoms with Gasteiger partial charge < -0.3 is 5.73 Å². The lowest BCUT2D eigenvalue weighted by atomic mass is 9.79. The molecule has 126 valence electrons. The van der Waals surface area contributed by atoms with Crippen molar-refractivity contribution in [3.05, 3.63) is 77.4 Å². The molecule has 0 saturated heterocycles. The van der Waals surface area contributed by atoms with E-state index in [-0.39, 0.29) is 0 Å². The van der Waals surface area contributed by atoms with Gasteiger partial charge in [0.1, 0.15) is 0 Å². The second-order valence-corrected chi connectivity index (χ2v) is 6.78. The summed E-state index contributed by atoms with van der Waals surface area (Å²) in [6.45, 7) is 0. The fraction of sp³-hybridized carbons (Fsp3) is 0.273. The molecule has 2 aliphatic rings. The largest absolute Gasteiger partial charge is 0.399 e. The molecule has 2 aromatic rings. The lowest BCUT2D eigenvalue weighted by Crippen LogP contribution is -2.27. The Kier molecular flexibility index (Phi) is 4.47. The Labute approximate surface area is 149 Å². The van der Waals surface area contributed by atoms with E-state index in [1.165, 1.54) is 30.4 Å². The lowest BCUT2D eigenvalue weighted by Gasteiger charge is -2.28. The minimum absolute atomic E-state index is 0.316. The SMILES string of the molecule is Nc1cccc(C2=NN=C(c3ccccc3)C3CCCCCC=C23)c1. The maximum absolute atomic E-state index is 6.00. The number of rotatable bonds is 2. The number of nitrogens with two attached hydrogens (primary N) is 1. The van der Waals surface area contributed by atoms with Crippen LogP contribution in [0.15, 0.2) is 76.4 Å². The molecule has 4 rings (SSSR count). The molecule has 0 aromatic heterocycles. The van der Waals surface area contributed by atoms with Crippen LogP contribution in [0.1, 0.15) is 43.2 Å². The van der Waals surface area contributed by atoms with Crippen molar-refractivity contribution in [2.24, 2.45) is 16.1 Å². The second-order valence-electron chi connectivity index (χ2n) is 6.78. The van der Waals surface area contributed by atoms with Crippen molar-refractivity contribution >= 4 is 17.1 Å². The first kappa shape index (κ1) is 15.8. The van der Waals surface area contributed by atoms with Crippen LogP contribution in [0.2, 0.25) is 0 Å². The van der Waals surface area contributed by atoms with Gasteiger partial charge in [-0.3, -0.25) is 0 Å². The van der Waals surface area contributed by atoms with Crippen molar-refractivity contribution in [2.75, 3.05) is 5.73 Å². The van der Waals surface area contributed by atoms with Gasteiger partial charge in [-0.15, -0.1) is 5.10 Å². The molecule has 3 heteroatoms. The standard InChI is InChI=1S/C22H23N3/c23-18-12-8-11-17(15-18)22-20-14-7-2-1-6-13-19(20)21(24-25-22)16-9-4-3-5-10-16/h3-5,8-12,14-15,19H,1-2,6-7,13,23H2. The third-order valence-electron chi connectivity index (χ3n) is 5.03. The van der Waals surface area contributed by atoms with E-state index in [9.17, 15) is 0 Å². The smallest absolute Gasteiger partial charge is 0.0965 e. The molecule has 0 amide bonds. The van der Waals surface area contributed by atoms with Crippen LogP contribution in [0, 0.1) is 5.92 Å². The Bertz CT molecular complexity index is 847. The van der Waals surface area contributed by atoms with Crippen molar-refractivity contribution in [3.8, 4) is 0 Å². The van der Waals surface area contributed by atoms with E-state index in [0.29, 0.717) is 5.92 Å². The second kappa shape index (κ2) is 7.06. The highest BCUT2D eigenvalue weighted by atomic mass is 15.2. The molecular formula is C22H23N3. The zero-order valence-electron chi connectivity index (χ0n) is 14.4. The molecule has 1 unspecified atom stereocenters. The Balaban J connectivity index is 1.83. The van der Waals surface area contributed by atoms with E-state index in [4.69, 9.17) is 5.73 Å². The van der Waals surface area contributed by atoms with Crippen molar-refractivity contribution in [1.82, 2.24) is 0 Å². The van der Waals surface area contributed by atoms with Gasteiger partial charge in [0, 0.05) is 17.2 Å². The molecule has 1 atom stereocenters. The highest BCUT2D eigenvalue weighted by molar-refractivity contribution is 6.20. The van der Waals surface area contributed by atoms with E-state index in [0.717, 1.165) is 35.5 Å². The summed E-state index contributed by atoms with van der Waals surface area (Å²) in [6, 6.07) is 18.4. The minimum atomic E-state index is 0.316. The number of hydrogen-bond acceptors (Lipinski definition) is 3. The topological polar surface area (TPSA) is 50.7 Å². The van der Waals surface area contributed by atoms with Gasteiger partial charge in [0.2, 0.25) is 0 Å². The number of hydrogen-bond donors (Lipinski definition) is 1. The van der Waals surface area contributed by atoms with E-state index >= 15 is 0 Å². The molecule has 1 aliphatic carbocycles. The molecule has 1 aliphatic heterocycles. The highest BCUT2D eigenvalue weighted by Gasteiger charge is 2.29. The third kappa shape index (κ3) is 3.27. The van der Waals surface area contributed by atoms with Gasteiger partial charge >= 0.3 is 0 Å². The number of nitrogen functional groups attached to an aromatic ring is 1. The average Bonchev–Trinajstić information content (AvgIpc) is 2.62. The number of allylic oxidation sites excluding steroid dienone is 2. The Morgan fingerprint density at radius 3 is 2.52 bits per heavy atom. The average molecular weight is 329 g/mol. The minimum Gasteiger partial charge on any atom is -0.399 e. The van der Waals surface area contributed by atoms with E-state index in [2.05, 4.69) is 46.6 Å². The predicted octanol–water partition coefficient (Wildman–Crippen LogP) is 4.98. The molecule has 2 aromatic carbocycles. The number of benzene rings is 2. The van der Waals surface area contributed by atoms with Crippen LogP contribution in [0.5, 0.6) is 0 Å². The van der Waals surface area contributed by atoms with Crippen molar-refractivity contribution in [3.63, 3.8) is 0 Å². The van der Waals surface area contributed by atoms with Crippen LogP contribution in [-0.4, -0.2) is 11.4 Å². The molecule has 0 spiro atoms. The van der Waals surface area contributed by atoms with Gasteiger partial charge in [-0.1, -0.05) is 61.4 Å². The van der Waals surface area contributed by atoms with E-state index in [1.54, 1.807) is 0 Å². The van der Waals surface area contributed by atoms with Crippen molar-refractivity contribution < 1.29 is 0 Å². The first-order chi connectivity index (χ1) is 12.3. The molecule has 25 heavy (non-hydrogen) atoms. The fourth-order valence-electron chi connectivity index (χ4n) is 3.78. The van der Waals surface area contributed by atoms with Gasteiger partial charge in [0.05, 0.1) is 11.4 Å². The third-order valence-corrected chi connectivity index (χ3v) is 5.03. The summed E-state index contributed by atoms with van der Waals surface area (Å²) in [7, 11) is 0. The molecule has 0 bridgehead atoms. The molecule has 3 nitrogen and oxygen atoms in total. The first-order valence-corrected chi connectivity index (χ1v) is 9.10. The molecule has 0 fully saturated rings. The summed E-state index contributed by atoms with van der Waals surface area (Å²) >= 11 is 0. The Morgan fingerprint density at radius 2 is 1.68 bits per heavy atom. The molecule has 0 radical (unpaired) electrons. The lowest BCUT2D eigenvalue weighted by molar-refractivity contribution is 0.586. The van der Waals surface area contributed by atoms with Crippen LogP contribution in [0.3, 0.4) is 0 Å². The quantitative estimate of drug-likeness (QED) is 0.776. The van der Waals surface area contributed by atoms with Crippen LogP contribution in [0.25, 0.3) is 0 Å².